The van der Waals surface area contributed by atoms with Crippen molar-refractivity contribution in [1.29, 1.82) is 0 Å². The van der Waals surface area contributed by atoms with Gasteiger partial charge in [0.1, 0.15) is 0 Å². The van der Waals surface area contributed by atoms with Gasteiger partial charge in [0.25, 0.3) is 0 Å². The zero-order valence-electron chi connectivity index (χ0n) is 11.4. The summed E-state index contributed by atoms with van der Waals surface area (Å²) < 4.78 is 26.8. The molecule has 17 heavy (non-hydrogen) atoms. The summed E-state index contributed by atoms with van der Waals surface area (Å²) in [7, 11) is -3.15. The Morgan fingerprint density at radius 2 is 1.94 bits per heavy atom. The minimum Gasteiger partial charge on any atom is -0.315 e. The summed E-state index contributed by atoms with van der Waals surface area (Å²) in [6.07, 6.45) is 1.74. The van der Waals surface area contributed by atoms with Crippen LogP contribution in [0.2, 0.25) is 0 Å². The predicted octanol–water partition coefficient (Wildman–Crippen LogP) is 1.43. The number of piperidine rings is 1. The molecule has 0 aliphatic carbocycles. The molecule has 0 aromatic rings. The van der Waals surface area contributed by atoms with Gasteiger partial charge in [0.05, 0.1) is 5.25 Å². The van der Waals surface area contributed by atoms with E-state index in [0.29, 0.717) is 19.0 Å². The minimum absolute atomic E-state index is 0.0457. The fourth-order valence-corrected chi connectivity index (χ4v) is 4.50. The van der Waals surface area contributed by atoms with Crippen LogP contribution in [-0.4, -0.2) is 43.6 Å². The highest BCUT2D eigenvalue weighted by Crippen LogP contribution is 2.20. The van der Waals surface area contributed by atoms with Crippen molar-refractivity contribution < 1.29 is 8.42 Å². The molecule has 5 heteroatoms. The van der Waals surface area contributed by atoms with Crippen molar-refractivity contribution in [2.24, 2.45) is 5.92 Å². The maximum absolute atomic E-state index is 12.5. The molecular weight excluding hydrogens is 236 g/mol. The van der Waals surface area contributed by atoms with Gasteiger partial charge >= 0.3 is 0 Å². The molecule has 0 spiro atoms. The number of rotatable bonds is 5. The first-order valence-electron chi connectivity index (χ1n) is 6.57. The van der Waals surface area contributed by atoms with E-state index in [-0.39, 0.29) is 11.3 Å². The Balaban J connectivity index is 2.83. The molecule has 0 aromatic carbocycles. The normalized spacial score (nSPS) is 22.6. The Morgan fingerprint density at radius 3 is 2.35 bits per heavy atom. The Kier molecular flexibility index (Phi) is 5.41. The van der Waals surface area contributed by atoms with Crippen molar-refractivity contribution in [3.05, 3.63) is 0 Å². The molecule has 1 saturated heterocycles. The van der Waals surface area contributed by atoms with Gasteiger partial charge in [0.2, 0.25) is 10.0 Å². The van der Waals surface area contributed by atoms with E-state index in [1.165, 1.54) is 0 Å². The summed E-state index contributed by atoms with van der Waals surface area (Å²) in [4.78, 5) is 0. The molecule has 1 heterocycles. The van der Waals surface area contributed by atoms with Crippen LogP contribution in [0.25, 0.3) is 0 Å². The number of nitrogens with zero attached hydrogens (tertiary/aromatic N) is 1. The van der Waals surface area contributed by atoms with Crippen molar-refractivity contribution in [3.8, 4) is 0 Å². The van der Waals surface area contributed by atoms with Crippen molar-refractivity contribution in [2.45, 2.75) is 51.8 Å². The number of nitrogens with one attached hydrogen (secondary N) is 1. The van der Waals surface area contributed by atoms with Crippen molar-refractivity contribution in [3.63, 3.8) is 0 Å². The molecule has 1 fully saturated rings. The summed E-state index contributed by atoms with van der Waals surface area (Å²) in [6, 6.07) is 0.0457. The van der Waals surface area contributed by atoms with E-state index in [0.717, 1.165) is 19.4 Å². The highest BCUT2D eigenvalue weighted by atomic mass is 32.2. The van der Waals surface area contributed by atoms with Crippen LogP contribution >= 0.6 is 0 Å². The van der Waals surface area contributed by atoms with E-state index in [1.54, 1.807) is 4.31 Å². The highest BCUT2D eigenvalue weighted by Gasteiger charge is 2.34. The second-order valence-corrected chi connectivity index (χ2v) is 7.74. The fourth-order valence-electron chi connectivity index (χ4n) is 2.23. The van der Waals surface area contributed by atoms with Crippen LogP contribution in [0, 0.1) is 5.92 Å². The fraction of sp³-hybridized carbons (Fsp3) is 1.00. The smallest absolute Gasteiger partial charge is 0.218 e. The number of hydrogen-bond donors (Lipinski definition) is 1. The van der Waals surface area contributed by atoms with Gasteiger partial charge in [0.15, 0.2) is 0 Å². The summed E-state index contributed by atoms with van der Waals surface area (Å²) in [5.41, 5.74) is 0. The topological polar surface area (TPSA) is 49.4 Å². The van der Waals surface area contributed by atoms with E-state index >= 15 is 0 Å². The van der Waals surface area contributed by atoms with Gasteiger partial charge in [0, 0.05) is 19.1 Å². The Morgan fingerprint density at radius 1 is 1.29 bits per heavy atom. The van der Waals surface area contributed by atoms with Crippen molar-refractivity contribution >= 4 is 10.0 Å². The van der Waals surface area contributed by atoms with Crippen LogP contribution in [0.1, 0.15) is 40.5 Å². The summed E-state index contributed by atoms with van der Waals surface area (Å²) in [5, 5.41) is 2.94. The van der Waals surface area contributed by atoms with Crippen LogP contribution in [0.3, 0.4) is 0 Å². The van der Waals surface area contributed by atoms with Crippen molar-refractivity contribution in [1.82, 2.24) is 9.62 Å². The largest absolute Gasteiger partial charge is 0.315 e. The Hall–Kier alpha value is -0.130. The van der Waals surface area contributed by atoms with E-state index in [4.69, 9.17) is 0 Å². The van der Waals surface area contributed by atoms with Crippen LogP contribution in [-0.2, 0) is 10.0 Å². The third-order valence-corrected chi connectivity index (χ3v) is 5.59. The molecule has 1 unspecified atom stereocenters. The van der Waals surface area contributed by atoms with E-state index < -0.39 is 10.0 Å². The van der Waals surface area contributed by atoms with Gasteiger partial charge in [-0.1, -0.05) is 13.8 Å². The lowest BCUT2D eigenvalue weighted by Crippen LogP contribution is -2.49. The molecule has 0 bridgehead atoms. The Labute approximate surface area is 106 Å². The average Bonchev–Trinajstić information content (AvgIpc) is 2.26. The standard InChI is InChI=1S/C12H26N2O2S/c1-10(2)9-14(11(3)4)17(15,16)12-6-5-7-13-8-12/h10-13H,5-9H2,1-4H3. The second kappa shape index (κ2) is 6.16. The van der Waals surface area contributed by atoms with Gasteiger partial charge in [-0.3, -0.25) is 0 Å². The lowest BCUT2D eigenvalue weighted by molar-refractivity contribution is 0.310. The minimum atomic E-state index is -3.15. The SMILES string of the molecule is CC(C)CN(C(C)C)S(=O)(=O)C1CCCNC1. The first-order chi connectivity index (χ1) is 7.85. The maximum Gasteiger partial charge on any atom is 0.218 e. The first-order valence-corrected chi connectivity index (χ1v) is 8.07. The maximum atomic E-state index is 12.5. The average molecular weight is 262 g/mol. The van der Waals surface area contributed by atoms with Gasteiger partial charge in [-0.05, 0) is 39.2 Å². The van der Waals surface area contributed by atoms with Crippen LogP contribution in [0.15, 0.2) is 0 Å². The molecule has 1 rings (SSSR count). The summed E-state index contributed by atoms with van der Waals surface area (Å²) in [6.45, 7) is 10.2. The van der Waals surface area contributed by atoms with E-state index in [1.807, 2.05) is 13.8 Å². The van der Waals surface area contributed by atoms with Crippen LogP contribution in [0.5, 0.6) is 0 Å². The third kappa shape index (κ3) is 3.93. The lowest BCUT2D eigenvalue weighted by Gasteiger charge is -2.33. The zero-order valence-corrected chi connectivity index (χ0v) is 12.3. The molecule has 1 aliphatic rings. The highest BCUT2D eigenvalue weighted by molar-refractivity contribution is 7.89. The van der Waals surface area contributed by atoms with E-state index in [2.05, 4.69) is 19.2 Å². The lowest BCUT2D eigenvalue weighted by atomic mass is 10.2. The van der Waals surface area contributed by atoms with E-state index in [9.17, 15) is 8.42 Å². The first kappa shape index (κ1) is 14.9. The molecule has 102 valence electrons. The molecule has 0 saturated carbocycles. The van der Waals surface area contributed by atoms with Crippen molar-refractivity contribution in [2.75, 3.05) is 19.6 Å². The summed E-state index contributed by atoms with van der Waals surface area (Å²) in [5.74, 6) is 0.365. The van der Waals surface area contributed by atoms with Gasteiger partial charge in [-0.15, -0.1) is 0 Å². The van der Waals surface area contributed by atoms with Crippen LogP contribution in [0.4, 0.5) is 0 Å². The van der Waals surface area contributed by atoms with Gasteiger partial charge in [-0.25, -0.2) is 8.42 Å². The monoisotopic (exact) mass is 262 g/mol. The van der Waals surface area contributed by atoms with Crippen LogP contribution < -0.4 is 5.32 Å². The molecule has 0 radical (unpaired) electrons. The van der Waals surface area contributed by atoms with Gasteiger partial charge < -0.3 is 5.32 Å². The van der Waals surface area contributed by atoms with Gasteiger partial charge in [-0.2, -0.15) is 4.31 Å². The molecule has 1 N–H and O–H groups in total. The third-order valence-electron chi connectivity index (χ3n) is 3.12. The molecule has 0 aromatic heterocycles. The molecular formula is C12H26N2O2S. The number of hydrogen-bond acceptors (Lipinski definition) is 3. The quantitative estimate of drug-likeness (QED) is 0.815. The molecule has 0 amide bonds. The molecule has 1 aliphatic heterocycles. The predicted molar refractivity (Wildman–Crippen MR) is 71.5 cm³/mol. The molecule has 4 nitrogen and oxygen atoms in total. The molecule has 1 atom stereocenters. The summed E-state index contributed by atoms with van der Waals surface area (Å²) >= 11 is 0. The zero-order chi connectivity index (χ0) is 13.1. The Bertz CT molecular complexity index is 319. The number of sulfonamides is 1. The second-order valence-electron chi connectivity index (χ2n) is 5.57.